The molecule has 2 aliphatic rings. The summed E-state index contributed by atoms with van der Waals surface area (Å²) in [5.41, 5.74) is 5.81. The van der Waals surface area contributed by atoms with Crippen LogP contribution in [0.2, 0.25) is 0 Å². The van der Waals surface area contributed by atoms with E-state index in [4.69, 9.17) is 5.73 Å². The molecule has 1 aromatic rings. The Morgan fingerprint density at radius 1 is 1.55 bits per heavy atom. The summed E-state index contributed by atoms with van der Waals surface area (Å²) in [5, 5.41) is 13.0. The van der Waals surface area contributed by atoms with E-state index in [-0.39, 0.29) is 11.8 Å². The van der Waals surface area contributed by atoms with Crippen LogP contribution in [-0.2, 0) is 11.2 Å². The van der Waals surface area contributed by atoms with Crippen molar-refractivity contribution in [3.8, 4) is 0 Å². The maximum Gasteiger partial charge on any atom is 0.228 e. The summed E-state index contributed by atoms with van der Waals surface area (Å²) in [6.07, 6.45) is 5.23. The summed E-state index contributed by atoms with van der Waals surface area (Å²) in [5.74, 6) is 0.345. The third kappa shape index (κ3) is 2.67. The first kappa shape index (κ1) is 13.8. The molecule has 2 unspecified atom stereocenters. The molecule has 1 aliphatic carbocycles. The Morgan fingerprint density at radius 3 is 3.15 bits per heavy atom. The smallest absolute Gasteiger partial charge is 0.228 e. The Balaban J connectivity index is 1.62. The van der Waals surface area contributed by atoms with E-state index < -0.39 is 5.60 Å². The minimum atomic E-state index is -0.528. The molecule has 2 fully saturated rings. The number of nitrogens with two attached hydrogens (primary N) is 1. The van der Waals surface area contributed by atoms with Crippen LogP contribution in [0, 0.1) is 5.92 Å². The standard InChI is InChI=1S/C14H21N3O2S/c15-13-16-11(9-20-13)7-12(18)17-6-5-14(19)4-2-1-3-10(14)8-17/h9-10,19H,1-8H2,(H2,15,16). The van der Waals surface area contributed by atoms with Crippen LogP contribution in [0.5, 0.6) is 0 Å². The molecule has 110 valence electrons. The Labute approximate surface area is 122 Å². The number of hydrogen-bond acceptors (Lipinski definition) is 5. The van der Waals surface area contributed by atoms with Crippen molar-refractivity contribution >= 4 is 22.4 Å². The predicted molar refractivity (Wildman–Crippen MR) is 78.3 cm³/mol. The van der Waals surface area contributed by atoms with Crippen LogP contribution in [0.15, 0.2) is 5.38 Å². The van der Waals surface area contributed by atoms with Crippen LogP contribution in [0.3, 0.4) is 0 Å². The second kappa shape index (κ2) is 5.33. The zero-order chi connectivity index (χ0) is 14.2. The van der Waals surface area contributed by atoms with Crippen LogP contribution in [-0.4, -0.2) is 39.6 Å². The highest BCUT2D eigenvalue weighted by atomic mass is 32.1. The summed E-state index contributed by atoms with van der Waals surface area (Å²) in [4.78, 5) is 18.4. The van der Waals surface area contributed by atoms with Crippen LogP contribution >= 0.6 is 11.3 Å². The van der Waals surface area contributed by atoms with Crippen molar-refractivity contribution in [1.82, 2.24) is 9.88 Å². The van der Waals surface area contributed by atoms with Gasteiger partial charge in [-0.3, -0.25) is 4.79 Å². The molecule has 3 N–H and O–H groups in total. The SMILES string of the molecule is Nc1nc(CC(=O)N2CCC3(O)CCCCC3C2)cs1. The first-order chi connectivity index (χ1) is 9.57. The molecule has 1 aliphatic heterocycles. The minimum Gasteiger partial charge on any atom is -0.389 e. The number of aromatic nitrogens is 1. The largest absolute Gasteiger partial charge is 0.389 e. The number of nitrogen functional groups attached to an aromatic ring is 1. The van der Waals surface area contributed by atoms with E-state index in [2.05, 4.69) is 4.98 Å². The van der Waals surface area contributed by atoms with Gasteiger partial charge >= 0.3 is 0 Å². The quantitative estimate of drug-likeness (QED) is 0.865. The van der Waals surface area contributed by atoms with Gasteiger partial charge in [-0.2, -0.15) is 0 Å². The molecule has 3 rings (SSSR count). The van der Waals surface area contributed by atoms with Gasteiger partial charge in [0, 0.05) is 24.4 Å². The van der Waals surface area contributed by atoms with Crippen molar-refractivity contribution in [1.29, 1.82) is 0 Å². The number of rotatable bonds is 2. The van der Waals surface area contributed by atoms with E-state index in [1.165, 1.54) is 11.3 Å². The zero-order valence-electron chi connectivity index (χ0n) is 11.5. The van der Waals surface area contributed by atoms with Crippen molar-refractivity contribution in [2.24, 2.45) is 5.92 Å². The van der Waals surface area contributed by atoms with Crippen LogP contribution in [0.1, 0.15) is 37.8 Å². The summed E-state index contributed by atoms with van der Waals surface area (Å²) >= 11 is 1.37. The van der Waals surface area contributed by atoms with E-state index in [0.29, 0.717) is 31.1 Å². The third-order valence-corrected chi connectivity index (χ3v) is 5.40. The lowest BCUT2D eigenvalue weighted by Gasteiger charge is -2.47. The van der Waals surface area contributed by atoms with Gasteiger partial charge in [-0.1, -0.05) is 12.8 Å². The zero-order valence-corrected chi connectivity index (χ0v) is 12.4. The Bertz CT molecular complexity index is 504. The lowest BCUT2D eigenvalue weighted by molar-refractivity contribution is -0.142. The summed E-state index contributed by atoms with van der Waals surface area (Å²) < 4.78 is 0. The number of nitrogens with zero attached hydrogens (tertiary/aromatic N) is 2. The molecular formula is C14H21N3O2S. The molecule has 2 atom stereocenters. The molecule has 20 heavy (non-hydrogen) atoms. The number of anilines is 1. The molecular weight excluding hydrogens is 274 g/mol. The second-order valence-corrected chi connectivity index (χ2v) is 6.88. The molecule has 0 radical (unpaired) electrons. The number of amides is 1. The molecule has 5 nitrogen and oxygen atoms in total. The maximum atomic E-state index is 12.3. The van der Waals surface area contributed by atoms with Crippen molar-refractivity contribution in [3.05, 3.63) is 11.1 Å². The molecule has 0 bridgehead atoms. The Hall–Kier alpha value is -1.14. The summed E-state index contributed by atoms with van der Waals surface area (Å²) in [7, 11) is 0. The van der Waals surface area contributed by atoms with Crippen LogP contribution in [0.4, 0.5) is 5.13 Å². The highest BCUT2D eigenvalue weighted by molar-refractivity contribution is 7.13. The van der Waals surface area contributed by atoms with Crippen LogP contribution < -0.4 is 5.73 Å². The van der Waals surface area contributed by atoms with Crippen molar-refractivity contribution in [2.75, 3.05) is 18.8 Å². The van der Waals surface area contributed by atoms with Crippen molar-refractivity contribution < 1.29 is 9.90 Å². The molecule has 1 saturated heterocycles. The van der Waals surface area contributed by atoms with Crippen molar-refractivity contribution in [3.63, 3.8) is 0 Å². The normalized spacial score (nSPS) is 30.1. The molecule has 0 aromatic carbocycles. The molecule has 0 spiro atoms. The first-order valence-electron chi connectivity index (χ1n) is 7.27. The third-order valence-electron chi connectivity index (χ3n) is 4.68. The van der Waals surface area contributed by atoms with Gasteiger partial charge in [-0.05, 0) is 19.3 Å². The lowest BCUT2D eigenvalue weighted by Crippen LogP contribution is -2.54. The first-order valence-corrected chi connectivity index (χ1v) is 8.15. The van der Waals surface area contributed by atoms with Crippen LogP contribution in [0.25, 0.3) is 0 Å². The van der Waals surface area contributed by atoms with E-state index in [1.54, 1.807) is 0 Å². The highest BCUT2D eigenvalue weighted by Gasteiger charge is 2.43. The monoisotopic (exact) mass is 295 g/mol. The number of piperidine rings is 1. The Kier molecular flexibility index (Phi) is 3.69. The molecule has 1 aromatic heterocycles. The van der Waals surface area contributed by atoms with E-state index in [1.807, 2.05) is 10.3 Å². The summed E-state index contributed by atoms with van der Waals surface area (Å²) in [6.45, 7) is 1.35. The fourth-order valence-corrected chi connectivity index (χ4v) is 4.03. The fraction of sp³-hybridized carbons (Fsp3) is 0.714. The second-order valence-electron chi connectivity index (χ2n) is 5.99. The van der Waals surface area contributed by atoms with Gasteiger partial charge in [0.1, 0.15) is 0 Å². The molecule has 2 heterocycles. The topological polar surface area (TPSA) is 79.5 Å². The van der Waals surface area contributed by atoms with Gasteiger partial charge in [0.05, 0.1) is 17.7 Å². The number of fused-ring (bicyclic) bond motifs is 1. The number of aliphatic hydroxyl groups is 1. The average Bonchev–Trinajstić information content (AvgIpc) is 2.83. The average molecular weight is 295 g/mol. The number of hydrogen-bond donors (Lipinski definition) is 2. The van der Waals surface area contributed by atoms with Gasteiger partial charge in [0.2, 0.25) is 5.91 Å². The highest BCUT2D eigenvalue weighted by Crippen LogP contribution is 2.39. The summed E-state index contributed by atoms with van der Waals surface area (Å²) in [6, 6.07) is 0. The van der Waals surface area contributed by atoms with E-state index in [9.17, 15) is 9.90 Å². The predicted octanol–water partition coefficient (Wildman–Crippen LogP) is 1.42. The molecule has 6 heteroatoms. The van der Waals surface area contributed by atoms with E-state index in [0.717, 1.165) is 31.4 Å². The Morgan fingerprint density at radius 2 is 2.40 bits per heavy atom. The van der Waals surface area contributed by atoms with Gasteiger partial charge in [0.15, 0.2) is 5.13 Å². The molecule has 1 amide bonds. The van der Waals surface area contributed by atoms with E-state index >= 15 is 0 Å². The fourth-order valence-electron chi connectivity index (χ4n) is 3.47. The van der Waals surface area contributed by atoms with Gasteiger partial charge in [-0.25, -0.2) is 4.98 Å². The number of carbonyl (C=O) groups excluding carboxylic acids is 1. The number of carbonyl (C=O) groups is 1. The lowest BCUT2D eigenvalue weighted by atomic mass is 9.71. The van der Waals surface area contributed by atoms with Crippen molar-refractivity contribution in [2.45, 2.75) is 44.1 Å². The molecule has 1 saturated carbocycles. The minimum absolute atomic E-state index is 0.0999. The van der Waals surface area contributed by atoms with Gasteiger partial charge < -0.3 is 15.7 Å². The number of thiazole rings is 1. The van der Waals surface area contributed by atoms with Gasteiger partial charge in [0.25, 0.3) is 0 Å². The van der Waals surface area contributed by atoms with Gasteiger partial charge in [-0.15, -0.1) is 11.3 Å². The number of likely N-dealkylation sites (tertiary alicyclic amines) is 1. The maximum absolute atomic E-state index is 12.3.